The van der Waals surface area contributed by atoms with Crippen molar-refractivity contribution in [1.29, 1.82) is 0 Å². The van der Waals surface area contributed by atoms with Crippen molar-refractivity contribution in [3.8, 4) is 0 Å². The molecule has 1 aromatic carbocycles. The zero-order chi connectivity index (χ0) is 13.2. The average molecular weight is 258 g/mol. The third kappa shape index (κ3) is 2.46. The van der Waals surface area contributed by atoms with Crippen molar-refractivity contribution in [2.24, 2.45) is 5.73 Å². The molecule has 3 rings (SSSR count). The molecule has 0 saturated carbocycles. The highest BCUT2D eigenvalue weighted by atomic mass is 16.2. The largest absolute Gasteiger partial charge is 0.342 e. The number of H-pyrrole nitrogens is 1. The predicted molar refractivity (Wildman–Crippen MR) is 73.6 cm³/mol. The third-order valence-corrected chi connectivity index (χ3v) is 3.76. The first-order valence-electron chi connectivity index (χ1n) is 6.69. The Labute approximate surface area is 111 Å². The summed E-state index contributed by atoms with van der Waals surface area (Å²) in [4.78, 5) is 14.2. The van der Waals surface area contributed by atoms with Crippen LogP contribution in [0.1, 0.15) is 18.5 Å². The van der Waals surface area contributed by atoms with Crippen LogP contribution in [-0.2, 0) is 11.2 Å². The van der Waals surface area contributed by atoms with Gasteiger partial charge < -0.3 is 10.6 Å². The van der Waals surface area contributed by atoms with Crippen molar-refractivity contribution in [1.82, 2.24) is 15.1 Å². The molecule has 2 heterocycles. The Hall–Kier alpha value is -1.88. The molecular weight excluding hydrogens is 240 g/mol. The number of fused-ring (bicyclic) bond motifs is 1. The van der Waals surface area contributed by atoms with Crippen molar-refractivity contribution < 1.29 is 4.79 Å². The number of rotatable bonds is 2. The van der Waals surface area contributed by atoms with Gasteiger partial charge in [0.15, 0.2) is 0 Å². The maximum Gasteiger partial charge on any atom is 0.228 e. The number of carbonyl (C=O) groups excluding carboxylic acids is 1. The van der Waals surface area contributed by atoms with E-state index in [1.807, 2.05) is 29.2 Å². The Morgan fingerprint density at radius 1 is 1.37 bits per heavy atom. The lowest BCUT2D eigenvalue weighted by molar-refractivity contribution is -0.131. The smallest absolute Gasteiger partial charge is 0.228 e. The topological polar surface area (TPSA) is 75.0 Å². The van der Waals surface area contributed by atoms with Crippen LogP contribution < -0.4 is 5.73 Å². The molecule has 19 heavy (non-hydrogen) atoms. The van der Waals surface area contributed by atoms with Gasteiger partial charge in [0.1, 0.15) is 0 Å². The molecule has 0 unspecified atom stereocenters. The maximum atomic E-state index is 12.3. The van der Waals surface area contributed by atoms with Crippen LogP contribution in [0.5, 0.6) is 0 Å². The molecule has 5 heteroatoms. The Kier molecular flexibility index (Phi) is 3.21. The molecule has 1 aliphatic rings. The van der Waals surface area contributed by atoms with Crippen molar-refractivity contribution >= 4 is 16.8 Å². The Bertz CT molecular complexity index is 584. The number of nitrogens with one attached hydrogen (secondary N) is 1. The van der Waals surface area contributed by atoms with Gasteiger partial charge in [0, 0.05) is 24.5 Å². The standard InChI is InChI=1S/C14H18N4O/c15-10-5-7-18(8-6-10)14(19)9-13-11-3-1-2-4-12(11)16-17-13/h1-4,10H,5-9,15H2,(H,16,17). The van der Waals surface area contributed by atoms with Gasteiger partial charge in [-0.15, -0.1) is 0 Å². The molecule has 0 radical (unpaired) electrons. The molecule has 1 aromatic heterocycles. The minimum absolute atomic E-state index is 0.154. The van der Waals surface area contributed by atoms with E-state index in [0.717, 1.165) is 42.5 Å². The molecule has 0 bridgehead atoms. The fourth-order valence-corrected chi connectivity index (χ4v) is 2.56. The highest BCUT2D eigenvalue weighted by Crippen LogP contribution is 2.17. The van der Waals surface area contributed by atoms with Gasteiger partial charge in [0.2, 0.25) is 5.91 Å². The maximum absolute atomic E-state index is 12.3. The first-order chi connectivity index (χ1) is 9.24. The van der Waals surface area contributed by atoms with E-state index in [4.69, 9.17) is 5.73 Å². The highest BCUT2D eigenvalue weighted by molar-refractivity contribution is 5.87. The zero-order valence-corrected chi connectivity index (χ0v) is 10.8. The highest BCUT2D eigenvalue weighted by Gasteiger charge is 2.21. The minimum atomic E-state index is 0.154. The fourth-order valence-electron chi connectivity index (χ4n) is 2.56. The Morgan fingerprint density at radius 3 is 2.89 bits per heavy atom. The summed E-state index contributed by atoms with van der Waals surface area (Å²) in [5.74, 6) is 0.154. The number of aromatic amines is 1. The first kappa shape index (κ1) is 12.2. The normalized spacial score (nSPS) is 17.0. The Balaban J connectivity index is 1.72. The van der Waals surface area contributed by atoms with Gasteiger partial charge >= 0.3 is 0 Å². The van der Waals surface area contributed by atoms with E-state index >= 15 is 0 Å². The zero-order valence-electron chi connectivity index (χ0n) is 10.8. The summed E-state index contributed by atoms with van der Waals surface area (Å²) < 4.78 is 0. The molecule has 1 amide bonds. The summed E-state index contributed by atoms with van der Waals surface area (Å²) in [6.45, 7) is 1.54. The number of carbonyl (C=O) groups is 1. The minimum Gasteiger partial charge on any atom is -0.342 e. The Morgan fingerprint density at radius 2 is 2.11 bits per heavy atom. The number of nitrogens with two attached hydrogens (primary N) is 1. The summed E-state index contributed by atoms with van der Waals surface area (Å²) in [6.07, 6.45) is 2.18. The summed E-state index contributed by atoms with van der Waals surface area (Å²) in [6, 6.07) is 8.09. The van der Waals surface area contributed by atoms with Gasteiger partial charge in [0.25, 0.3) is 0 Å². The number of para-hydroxylation sites is 1. The second-order valence-electron chi connectivity index (χ2n) is 5.11. The van der Waals surface area contributed by atoms with E-state index in [-0.39, 0.29) is 11.9 Å². The van der Waals surface area contributed by atoms with E-state index in [2.05, 4.69) is 10.2 Å². The molecule has 1 aliphatic heterocycles. The van der Waals surface area contributed by atoms with Gasteiger partial charge in [-0.3, -0.25) is 9.89 Å². The molecule has 3 N–H and O–H groups in total. The third-order valence-electron chi connectivity index (χ3n) is 3.76. The lowest BCUT2D eigenvalue weighted by Gasteiger charge is -2.30. The van der Waals surface area contributed by atoms with Gasteiger partial charge in [-0.2, -0.15) is 5.10 Å². The number of hydrogen-bond donors (Lipinski definition) is 2. The number of benzene rings is 1. The first-order valence-corrected chi connectivity index (χ1v) is 6.69. The molecule has 5 nitrogen and oxygen atoms in total. The summed E-state index contributed by atoms with van der Waals surface area (Å²) >= 11 is 0. The summed E-state index contributed by atoms with van der Waals surface area (Å²) in [5, 5.41) is 8.22. The molecule has 0 spiro atoms. The second-order valence-corrected chi connectivity index (χ2v) is 5.11. The number of nitrogens with zero attached hydrogens (tertiary/aromatic N) is 2. The lowest BCUT2D eigenvalue weighted by Crippen LogP contribution is -2.43. The van der Waals surface area contributed by atoms with Crippen molar-refractivity contribution in [2.75, 3.05) is 13.1 Å². The number of amides is 1. The van der Waals surface area contributed by atoms with Crippen LogP contribution in [0.4, 0.5) is 0 Å². The monoisotopic (exact) mass is 258 g/mol. The second kappa shape index (κ2) is 5.01. The predicted octanol–water partition coefficient (Wildman–Crippen LogP) is 1.06. The van der Waals surface area contributed by atoms with E-state index in [0.29, 0.717) is 6.42 Å². The van der Waals surface area contributed by atoms with Gasteiger partial charge in [-0.05, 0) is 18.9 Å². The molecular formula is C14H18N4O. The van der Waals surface area contributed by atoms with E-state index in [1.54, 1.807) is 0 Å². The van der Waals surface area contributed by atoms with E-state index < -0.39 is 0 Å². The molecule has 0 atom stereocenters. The average Bonchev–Trinajstić information content (AvgIpc) is 2.83. The van der Waals surface area contributed by atoms with Crippen LogP contribution in [0.3, 0.4) is 0 Å². The van der Waals surface area contributed by atoms with Crippen LogP contribution in [0, 0.1) is 0 Å². The van der Waals surface area contributed by atoms with Crippen LogP contribution in [0.15, 0.2) is 24.3 Å². The summed E-state index contributed by atoms with van der Waals surface area (Å²) in [7, 11) is 0. The number of piperidine rings is 1. The molecule has 2 aromatic rings. The SMILES string of the molecule is NC1CCN(C(=O)Cc2[nH]nc3ccccc23)CC1. The van der Waals surface area contributed by atoms with Gasteiger partial charge in [-0.1, -0.05) is 18.2 Å². The van der Waals surface area contributed by atoms with Crippen molar-refractivity contribution in [2.45, 2.75) is 25.3 Å². The van der Waals surface area contributed by atoms with Gasteiger partial charge in [0.05, 0.1) is 17.6 Å². The molecule has 100 valence electrons. The number of hydrogen-bond acceptors (Lipinski definition) is 3. The van der Waals surface area contributed by atoms with Crippen LogP contribution in [0.2, 0.25) is 0 Å². The van der Waals surface area contributed by atoms with Crippen molar-refractivity contribution in [3.63, 3.8) is 0 Å². The number of likely N-dealkylation sites (tertiary alicyclic amines) is 1. The summed E-state index contributed by atoms with van der Waals surface area (Å²) in [5.41, 5.74) is 7.66. The van der Waals surface area contributed by atoms with Crippen LogP contribution in [0.25, 0.3) is 10.9 Å². The molecule has 1 fully saturated rings. The molecule has 1 saturated heterocycles. The van der Waals surface area contributed by atoms with E-state index in [1.165, 1.54) is 0 Å². The van der Waals surface area contributed by atoms with Crippen LogP contribution >= 0.6 is 0 Å². The number of aromatic nitrogens is 2. The molecule has 0 aliphatic carbocycles. The van der Waals surface area contributed by atoms with Gasteiger partial charge in [-0.25, -0.2) is 0 Å². The van der Waals surface area contributed by atoms with Crippen LogP contribution in [-0.4, -0.2) is 40.1 Å². The quantitative estimate of drug-likeness (QED) is 0.845. The lowest BCUT2D eigenvalue weighted by atomic mass is 10.1. The van der Waals surface area contributed by atoms with E-state index in [9.17, 15) is 4.79 Å². The fraction of sp³-hybridized carbons (Fsp3) is 0.429. The van der Waals surface area contributed by atoms with Crippen molar-refractivity contribution in [3.05, 3.63) is 30.0 Å².